The molecule has 1 aliphatic heterocycles. The monoisotopic (exact) mass is 305 g/mol. The molecule has 5 nitrogen and oxygen atoms in total. The number of fused-ring (bicyclic) bond motifs is 1. The molecule has 2 heterocycles. The predicted molar refractivity (Wildman–Crippen MR) is 82.7 cm³/mol. The summed E-state index contributed by atoms with van der Waals surface area (Å²) in [4.78, 5) is 4.57. The minimum atomic E-state index is -3.54. The van der Waals surface area contributed by atoms with Gasteiger partial charge in [-0.15, -0.1) is 0 Å². The maximum absolute atomic E-state index is 12.6. The van der Waals surface area contributed by atoms with Crippen LogP contribution in [0.2, 0.25) is 0 Å². The van der Waals surface area contributed by atoms with Crippen molar-refractivity contribution >= 4 is 20.9 Å². The first-order valence-electron chi connectivity index (χ1n) is 7.15. The number of hydrogen-bond donors (Lipinski definition) is 2. The number of aryl methyl sites for hydroxylation is 1. The largest absolute Gasteiger partial charge is 0.317 e. The van der Waals surface area contributed by atoms with Crippen LogP contribution in [0.25, 0.3) is 10.9 Å². The number of sulfonamides is 1. The molecule has 112 valence electrons. The summed E-state index contributed by atoms with van der Waals surface area (Å²) in [7, 11) is -3.54. The van der Waals surface area contributed by atoms with E-state index in [0.717, 1.165) is 36.9 Å². The van der Waals surface area contributed by atoms with E-state index in [1.165, 1.54) is 0 Å². The van der Waals surface area contributed by atoms with Gasteiger partial charge in [0.15, 0.2) is 0 Å². The predicted octanol–water partition coefficient (Wildman–Crippen LogP) is 1.57. The Bertz CT molecular complexity index is 753. The lowest BCUT2D eigenvalue weighted by atomic mass is 10.1. The van der Waals surface area contributed by atoms with Crippen molar-refractivity contribution in [2.75, 3.05) is 13.1 Å². The van der Waals surface area contributed by atoms with Crippen LogP contribution < -0.4 is 10.0 Å². The molecule has 1 fully saturated rings. The number of piperidine rings is 1. The molecule has 0 spiro atoms. The van der Waals surface area contributed by atoms with Crippen LogP contribution in [0.15, 0.2) is 35.4 Å². The van der Waals surface area contributed by atoms with Gasteiger partial charge < -0.3 is 5.32 Å². The van der Waals surface area contributed by atoms with Crippen LogP contribution >= 0.6 is 0 Å². The third-order valence-corrected chi connectivity index (χ3v) is 5.31. The minimum absolute atomic E-state index is 0.00282. The summed E-state index contributed by atoms with van der Waals surface area (Å²) in [5, 5.41) is 4.08. The molecular formula is C15H19N3O2S. The minimum Gasteiger partial charge on any atom is -0.317 e. The van der Waals surface area contributed by atoms with Crippen LogP contribution in [0.4, 0.5) is 0 Å². The molecule has 1 saturated heterocycles. The van der Waals surface area contributed by atoms with Crippen molar-refractivity contribution in [2.45, 2.75) is 30.7 Å². The molecule has 1 aliphatic rings. The lowest BCUT2D eigenvalue weighted by molar-refractivity contribution is 0.427. The van der Waals surface area contributed by atoms with Crippen LogP contribution in [-0.2, 0) is 10.0 Å². The summed E-state index contributed by atoms with van der Waals surface area (Å²) in [6.07, 6.45) is 3.33. The van der Waals surface area contributed by atoms with Gasteiger partial charge in [-0.05, 0) is 50.6 Å². The lowest BCUT2D eigenvalue weighted by Gasteiger charge is -2.23. The first-order chi connectivity index (χ1) is 10.1. The Labute approximate surface area is 124 Å². The molecule has 6 heteroatoms. The normalized spacial score (nSPS) is 17.2. The van der Waals surface area contributed by atoms with E-state index < -0.39 is 10.0 Å². The Morgan fingerprint density at radius 2 is 2.05 bits per heavy atom. The lowest BCUT2D eigenvalue weighted by Crippen LogP contribution is -2.42. The average Bonchev–Trinajstić information content (AvgIpc) is 2.47. The molecule has 1 aromatic heterocycles. The molecule has 0 atom stereocenters. The summed E-state index contributed by atoms with van der Waals surface area (Å²) in [6.45, 7) is 3.64. The van der Waals surface area contributed by atoms with Crippen LogP contribution in [0.1, 0.15) is 18.4 Å². The van der Waals surface area contributed by atoms with Gasteiger partial charge in [0.1, 0.15) is 4.90 Å². The van der Waals surface area contributed by atoms with E-state index in [1.54, 1.807) is 18.3 Å². The van der Waals surface area contributed by atoms with Crippen molar-refractivity contribution in [1.82, 2.24) is 15.0 Å². The van der Waals surface area contributed by atoms with E-state index in [-0.39, 0.29) is 10.9 Å². The van der Waals surface area contributed by atoms with Gasteiger partial charge in [0.25, 0.3) is 0 Å². The first-order valence-corrected chi connectivity index (χ1v) is 8.63. The second kappa shape index (κ2) is 5.71. The second-order valence-corrected chi connectivity index (χ2v) is 7.17. The van der Waals surface area contributed by atoms with Crippen molar-refractivity contribution in [2.24, 2.45) is 0 Å². The highest BCUT2D eigenvalue weighted by Gasteiger charge is 2.23. The molecule has 0 bridgehead atoms. The summed E-state index contributed by atoms with van der Waals surface area (Å²) < 4.78 is 28.1. The molecule has 2 aromatic rings. The number of nitrogens with zero attached hydrogens (tertiary/aromatic N) is 1. The van der Waals surface area contributed by atoms with E-state index >= 15 is 0 Å². The maximum atomic E-state index is 12.6. The van der Waals surface area contributed by atoms with E-state index in [4.69, 9.17) is 0 Å². The first kappa shape index (κ1) is 14.4. The third-order valence-electron chi connectivity index (χ3n) is 3.76. The highest BCUT2D eigenvalue weighted by molar-refractivity contribution is 7.89. The van der Waals surface area contributed by atoms with Gasteiger partial charge in [-0.25, -0.2) is 13.1 Å². The molecule has 0 aliphatic carbocycles. The van der Waals surface area contributed by atoms with Crippen molar-refractivity contribution in [3.8, 4) is 0 Å². The summed E-state index contributed by atoms with van der Waals surface area (Å²) in [5.41, 5.74) is 1.55. The van der Waals surface area contributed by atoms with Gasteiger partial charge in [0.05, 0.1) is 5.52 Å². The molecule has 3 rings (SSSR count). The number of rotatable bonds is 3. The summed E-state index contributed by atoms with van der Waals surface area (Å²) in [5.74, 6) is 0. The molecule has 0 unspecified atom stereocenters. The molecule has 0 amide bonds. The Morgan fingerprint density at radius 3 is 2.81 bits per heavy atom. The Balaban J connectivity index is 1.98. The number of nitrogens with one attached hydrogen (secondary N) is 2. The number of benzene rings is 1. The SMILES string of the molecule is Cc1cnc2c(S(=O)(=O)NC3CCNCC3)cccc2c1. The Morgan fingerprint density at radius 1 is 1.29 bits per heavy atom. The zero-order chi connectivity index (χ0) is 14.9. The van der Waals surface area contributed by atoms with Crippen LogP contribution in [0.3, 0.4) is 0 Å². The standard InChI is InChI=1S/C15H19N3O2S/c1-11-9-12-3-2-4-14(15(12)17-10-11)21(19,20)18-13-5-7-16-8-6-13/h2-4,9-10,13,16,18H,5-8H2,1H3. The highest BCUT2D eigenvalue weighted by atomic mass is 32.2. The highest BCUT2D eigenvalue weighted by Crippen LogP contribution is 2.22. The van der Waals surface area contributed by atoms with Crippen LogP contribution in [0.5, 0.6) is 0 Å². The molecule has 0 radical (unpaired) electrons. The van der Waals surface area contributed by atoms with Gasteiger partial charge in [0.2, 0.25) is 10.0 Å². The van der Waals surface area contributed by atoms with Gasteiger partial charge in [0, 0.05) is 17.6 Å². The van der Waals surface area contributed by atoms with Crippen LogP contribution in [0, 0.1) is 6.92 Å². The second-order valence-electron chi connectivity index (χ2n) is 5.49. The fraction of sp³-hybridized carbons (Fsp3) is 0.400. The Hall–Kier alpha value is -1.50. The Kier molecular flexibility index (Phi) is 3.93. The number of hydrogen-bond acceptors (Lipinski definition) is 4. The smallest absolute Gasteiger partial charge is 0.242 e. The van der Waals surface area contributed by atoms with E-state index in [9.17, 15) is 8.42 Å². The topological polar surface area (TPSA) is 71.1 Å². The van der Waals surface area contributed by atoms with E-state index in [1.807, 2.05) is 19.1 Å². The zero-order valence-electron chi connectivity index (χ0n) is 12.0. The fourth-order valence-electron chi connectivity index (χ4n) is 2.68. The third kappa shape index (κ3) is 3.07. The van der Waals surface area contributed by atoms with Crippen molar-refractivity contribution in [3.05, 3.63) is 36.0 Å². The molecule has 2 N–H and O–H groups in total. The van der Waals surface area contributed by atoms with Gasteiger partial charge in [-0.1, -0.05) is 12.1 Å². The fourth-order valence-corrected chi connectivity index (χ4v) is 4.17. The van der Waals surface area contributed by atoms with E-state index in [2.05, 4.69) is 15.0 Å². The van der Waals surface area contributed by atoms with E-state index in [0.29, 0.717) is 5.52 Å². The average molecular weight is 305 g/mol. The van der Waals surface area contributed by atoms with Gasteiger partial charge >= 0.3 is 0 Å². The molecule has 0 saturated carbocycles. The maximum Gasteiger partial charge on any atom is 0.242 e. The van der Waals surface area contributed by atoms with Crippen LogP contribution in [-0.4, -0.2) is 32.5 Å². The zero-order valence-corrected chi connectivity index (χ0v) is 12.8. The summed E-state index contributed by atoms with van der Waals surface area (Å²) in [6, 6.07) is 7.22. The number of para-hydroxylation sites is 1. The van der Waals surface area contributed by atoms with Crippen molar-refractivity contribution < 1.29 is 8.42 Å². The van der Waals surface area contributed by atoms with Crippen molar-refractivity contribution in [3.63, 3.8) is 0 Å². The van der Waals surface area contributed by atoms with Gasteiger partial charge in [-0.3, -0.25) is 4.98 Å². The number of aromatic nitrogens is 1. The quantitative estimate of drug-likeness (QED) is 0.903. The van der Waals surface area contributed by atoms with Crippen molar-refractivity contribution in [1.29, 1.82) is 0 Å². The molecule has 1 aromatic carbocycles. The summed E-state index contributed by atoms with van der Waals surface area (Å²) >= 11 is 0. The van der Waals surface area contributed by atoms with Gasteiger partial charge in [-0.2, -0.15) is 0 Å². The molecule has 21 heavy (non-hydrogen) atoms. The molecular weight excluding hydrogens is 286 g/mol. The number of pyridine rings is 1.